The Morgan fingerprint density at radius 2 is 1.83 bits per heavy atom. The maximum atomic E-state index is 6.04. The predicted molar refractivity (Wildman–Crippen MR) is 96.0 cm³/mol. The minimum atomic E-state index is 0.742. The van der Waals surface area contributed by atoms with E-state index in [0.29, 0.717) is 0 Å². The summed E-state index contributed by atoms with van der Waals surface area (Å²) >= 11 is 9.62. The van der Waals surface area contributed by atoms with Gasteiger partial charge in [0.1, 0.15) is 11.6 Å². The zero-order valence-corrected chi connectivity index (χ0v) is 14.8. The third kappa shape index (κ3) is 2.54. The largest absolute Gasteiger partial charge is 0.339 e. The Labute approximate surface area is 147 Å². The average molecular weight is 390 g/mol. The van der Waals surface area contributed by atoms with Gasteiger partial charge in [0.15, 0.2) is 0 Å². The highest BCUT2D eigenvalue weighted by Gasteiger charge is 2.23. The molecule has 23 heavy (non-hydrogen) atoms. The molecule has 1 aliphatic rings. The van der Waals surface area contributed by atoms with Crippen molar-refractivity contribution in [1.82, 2.24) is 14.8 Å². The molecule has 1 aromatic heterocycles. The topological polar surface area (TPSA) is 34.0 Å². The predicted octanol–water partition coefficient (Wildman–Crippen LogP) is 4.69. The normalized spacial score (nSPS) is 13.4. The molecule has 0 aliphatic carbocycles. The van der Waals surface area contributed by atoms with Crippen molar-refractivity contribution in [3.05, 3.63) is 63.6 Å². The second-order valence-electron chi connectivity index (χ2n) is 5.51. The van der Waals surface area contributed by atoms with Crippen LogP contribution in [-0.2, 0) is 6.42 Å². The van der Waals surface area contributed by atoms with E-state index in [4.69, 9.17) is 11.6 Å². The van der Waals surface area contributed by atoms with Crippen molar-refractivity contribution in [3.8, 4) is 5.69 Å². The van der Waals surface area contributed by atoms with Crippen molar-refractivity contribution >= 4 is 38.9 Å². The molecule has 0 amide bonds. The van der Waals surface area contributed by atoms with Gasteiger partial charge in [-0.15, -0.1) is 10.2 Å². The SMILES string of the molecule is Cc1nnc2n1-c1ccc(Br)cc1N(c1ccc(Cl)cc1)CC2. The van der Waals surface area contributed by atoms with Gasteiger partial charge >= 0.3 is 0 Å². The van der Waals surface area contributed by atoms with Gasteiger partial charge in [0.25, 0.3) is 0 Å². The number of anilines is 2. The monoisotopic (exact) mass is 388 g/mol. The van der Waals surface area contributed by atoms with Gasteiger partial charge in [-0.2, -0.15) is 0 Å². The fourth-order valence-corrected chi connectivity index (χ4v) is 3.48. The minimum Gasteiger partial charge on any atom is -0.339 e. The third-order valence-electron chi connectivity index (χ3n) is 4.06. The lowest BCUT2D eigenvalue weighted by atomic mass is 10.2. The zero-order valence-electron chi connectivity index (χ0n) is 12.5. The fourth-order valence-electron chi connectivity index (χ4n) is 3.00. The molecule has 3 aromatic rings. The van der Waals surface area contributed by atoms with Crippen LogP contribution >= 0.6 is 27.5 Å². The van der Waals surface area contributed by atoms with Crippen LogP contribution in [-0.4, -0.2) is 21.3 Å². The molecule has 2 aromatic carbocycles. The lowest BCUT2D eigenvalue weighted by Gasteiger charge is -2.25. The summed E-state index contributed by atoms with van der Waals surface area (Å²) in [6.45, 7) is 2.82. The molecule has 1 aliphatic heterocycles. The molecule has 4 rings (SSSR count). The van der Waals surface area contributed by atoms with Gasteiger partial charge in [0.2, 0.25) is 0 Å². The molecule has 0 atom stereocenters. The number of nitrogens with zero attached hydrogens (tertiary/aromatic N) is 4. The van der Waals surface area contributed by atoms with Crippen molar-refractivity contribution in [2.45, 2.75) is 13.3 Å². The summed E-state index contributed by atoms with van der Waals surface area (Å²) in [5.74, 6) is 1.89. The van der Waals surface area contributed by atoms with E-state index in [1.807, 2.05) is 37.3 Å². The van der Waals surface area contributed by atoms with Gasteiger partial charge < -0.3 is 4.90 Å². The Morgan fingerprint density at radius 1 is 1.04 bits per heavy atom. The van der Waals surface area contributed by atoms with E-state index in [1.54, 1.807) is 0 Å². The lowest BCUT2D eigenvalue weighted by Crippen LogP contribution is -2.19. The van der Waals surface area contributed by atoms with Crippen molar-refractivity contribution in [2.75, 3.05) is 11.4 Å². The van der Waals surface area contributed by atoms with Gasteiger partial charge in [-0.25, -0.2) is 0 Å². The highest BCUT2D eigenvalue weighted by atomic mass is 79.9. The minimum absolute atomic E-state index is 0.742. The highest BCUT2D eigenvalue weighted by Crippen LogP contribution is 2.36. The Morgan fingerprint density at radius 3 is 2.61 bits per heavy atom. The van der Waals surface area contributed by atoms with Crippen LogP contribution in [0.2, 0.25) is 5.02 Å². The van der Waals surface area contributed by atoms with E-state index in [1.165, 1.54) is 0 Å². The first-order valence-corrected chi connectivity index (χ1v) is 8.54. The molecular weight excluding hydrogens is 376 g/mol. The summed E-state index contributed by atoms with van der Waals surface area (Å²) in [5, 5.41) is 9.31. The van der Waals surface area contributed by atoms with Gasteiger partial charge in [0.05, 0.1) is 11.4 Å². The van der Waals surface area contributed by atoms with E-state index in [-0.39, 0.29) is 0 Å². The standard InChI is InChI=1S/C17H14BrClN4/c1-11-20-21-17-8-9-22(14-5-3-13(19)4-6-14)16-10-12(18)2-7-15(16)23(11)17/h2-7,10H,8-9H2,1H3. The number of fused-ring (bicyclic) bond motifs is 3. The first kappa shape index (κ1) is 14.7. The Hall–Kier alpha value is -1.85. The van der Waals surface area contributed by atoms with Gasteiger partial charge in [-0.05, 0) is 49.4 Å². The molecule has 0 spiro atoms. The second kappa shape index (κ2) is 5.65. The molecule has 6 heteroatoms. The van der Waals surface area contributed by atoms with Crippen LogP contribution in [0.4, 0.5) is 11.4 Å². The van der Waals surface area contributed by atoms with Gasteiger partial charge in [-0.3, -0.25) is 4.57 Å². The van der Waals surface area contributed by atoms with E-state index in [9.17, 15) is 0 Å². The smallest absolute Gasteiger partial charge is 0.139 e. The first-order valence-electron chi connectivity index (χ1n) is 7.37. The van der Waals surface area contributed by atoms with Crippen molar-refractivity contribution in [1.29, 1.82) is 0 Å². The summed E-state index contributed by atoms with van der Waals surface area (Å²) in [5.41, 5.74) is 3.34. The molecule has 2 heterocycles. The maximum Gasteiger partial charge on any atom is 0.139 e. The maximum absolute atomic E-state index is 6.04. The number of halogens is 2. The zero-order chi connectivity index (χ0) is 16.0. The van der Waals surface area contributed by atoms with Crippen LogP contribution in [0.3, 0.4) is 0 Å². The molecule has 0 unspecified atom stereocenters. The summed E-state index contributed by atoms with van der Waals surface area (Å²) in [6.07, 6.45) is 0.829. The molecule has 0 N–H and O–H groups in total. The van der Waals surface area contributed by atoms with Crippen LogP contribution in [0.25, 0.3) is 5.69 Å². The van der Waals surface area contributed by atoms with E-state index in [0.717, 1.165) is 51.2 Å². The highest BCUT2D eigenvalue weighted by molar-refractivity contribution is 9.10. The molecule has 0 saturated carbocycles. The molecule has 0 radical (unpaired) electrons. The molecular formula is C17H14BrClN4. The van der Waals surface area contributed by atoms with E-state index < -0.39 is 0 Å². The third-order valence-corrected chi connectivity index (χ3v) is 4.80. The first-order chi connectivity index (χ1) is 11.1. The Bertz CT molecular complexity index is 873. The Kier molecular flexibility index (Phi) is 3.62. The average Bonchev–Trinajstić information content (AvgIpc) is 2.82. The second-order valence-corrected chi connectivity index (χ2v) is 6.86. The lowest BCUT2D eigenvalue weighted by molar-refractivity contribution is 0.838. The summed E-state index contributed by atoms with van der Waals surface area (Å²) < 4.78 is 3.18. The van der Waals surface area contributed by atoms with Gasteiger partial charge in [-0.1, -0.05) is 27.5 Å². The van der Waals surface area contributed by atoms with E-state index >= 15 is 0 Å². The fraction of sp³-hybridized carbons (Fsp3) is 0.176. The molecule has 116 valence electrons. The number of hydrogen-bond donors (Lipinski definition) is 0. The van der Waals surface area contributed by atoms with Crippen LogP contribution in [0.1, 0.15) is 11.6 Å². The summed E-state index contributed by atoms with van der Waals surface area (Å²) in [7, 11) is 0. The molecule has 0 bridgehead atoms. The quantitative estimate of drug-likeness (QED) is 0.605. The van der Waals surface area contributed by atoms with Crippen LogP contribution in [0.15, 0.2) is 46.9 Å². The number of aryl methyl sites for hydroxylation is 1. The number of benzene rings is 2. The molecule has 4 nitrogen and oxygen atoms in total. The van der Waals surface area contributed by atoms with Crippen molar-refractivity contribution in [2.24, 2.45) is 0 Å². The van der Waals surface area contributed by atoms with Crippen molar-refractivity contribution < 1.29 is 0 Å². The van der Waals surface area contributed by atoms with Crippen LogP contribution in [0.5, 0.6) is 0 Å². The van der Waals surface area contributed by atoms with Crippen molar-refractivity contribution in [3.63, 3.8) is 0 Å². The summed E-state index contributed by atoms with van der Waals surface area (Å²) in [4.78, 5) is 2.30. The van der Waals surface area contributed by atoms with Crippen LogP contribution in [0, 0.1) is 6.92 Å². The number of hydrogen-bond acceptors (Lipinski definition) is 3. The van der Waals surface area contributed by atoms with Gasteiger partial charge in [0, 0.05) is 28.1 Å². The molecule has 0 fully saturated rings. The van der Waals surface area contributed by atoms with E-state index in [2.05, 4.69) is 47.7 Å². The number of rotatable bonds is 1. The summed E-state index contributed by atoms with van der Waals surface area (Å²) in [6, 6.07) is 14.2. The molecule has 0 saturated heterocycles. The Balaban J connectivity index is 1.92. The number of aromatic nitrogens is 3. The van der Waals surface area contributed by atoms with Crippen LogP contribution < -0.4 is 4.90 Å².